The van der Waals surface area contributed by atoms with Crippen LogP contribution in [0.4, 0.5) is 0 Å². The van der Waals surface area contributed by atoms with Crippen molar-refractivity contribution in [2.45, 2.75) is 19.5 Å². The first-order valence-electron chi connectivity index (χ1n) is 8.48. The van der Waals surface area contributed by atoms with Crippen LogP contribution >= 0.6 is 11.6 Å². The third-order valence-electron chi connectivity index (χ3n) is 4.04. The van der Waals surface area contributed by atoms with E-state index < -0.39 is 11.9 Å². The SMILES string of the molecule is Cn1ncc2c(=O)n(CCC(=O)OCC(=O)NCc3ccc(Cl)cc3)cnc21. The number of carbonyl (C=O) groups is 2. The number of aryl methyl sites for hydroxylation is 2. The fraction of sp³-hybridized carbons (Fsp3) is 0.278. The predicted molar refractivity (Wildman–Crippen MR) is 102 cm³/mol. The van der Waals surface area contributed by atoms with Crippen LogP contribution in [-0.4, -0.2) is 37.8 Å². The second-order valence-corrected chi connectivity index (χ2v) is 6.50. The summed E-state index contributed by atoms with van der Waals surface area (Å²) in [5.41, 5.74) is 1.06. The first-order chi connectivity index (χ1) is 13.4. The van der Waals surface area contributed by atoms with Crippen LogP contribution in [0.15, 0.2) is 41.6 Å². The maximum atomic E-state index is 12.3. The molecule has 1 N–H and O–H groups in total. The van der Waals surface area contributed by atoms with Crippen LogP contribution in [0, 0.1) is 0 Å². The molecule has 3 rings (SSSR count). The van der Waals surface area contributed by atoms with E-state index in [-0.39, 0.29) is 25.1 Å². The zero-order chi connectivity index (χ0) is 20.1. The van der Waals surface area contributed by atoms with E-state index in [0.717, 1.165) is 5.56 Å². The van der Waals surface area contributed by atoms with Crippen LogP contribution in [0.1, 0.15) is 12.0 Å². The van der Waals surface area contributed by atoms with Gasteiger partial charge in [0.2, 0.25) is 0 Å². The number of aromatic nitrogens is 4. The second-order valence-electron chi connectivity index (χ2n) is 6.06. The zero-order valence-electron chi connectivity index (χ0n) is 15.1. The van der Waals surface area contributed by atoms with Gasteiger partial charge in [-0.25, -0.2) is 4.98 Å². The van der Waals surface area contributed by atoms with E-state index >= 15 is 0 Å². The van der Waals surface area contributed by atoms with Gasteiger partial charge in [-0.15, -0.1) is 0 Å². The minimum atomic E-state index is -0.583. The molecule has 2 aromatic heterocycles. The molecule has 0 radical (unpaired) electrons. The Balaban J connectivity index is 1.44. The van der Waals surface area contributed by atoms with Gasteiger partial charge in [0.05, 0.1) is 18.9 Å². The van der Waals surface area contributed by atoms with Crippen molar-refractivity contribution in [3.8, 4) is 0 Å². The molecule has 0 saturated carbocycles. The Morgan fingerprint density at radius 1 is 1.25 bits per heavy atom. The normalized spacial score (nSPS) is 10.8. The van der Waals surface area contributed by atoms with E-state index in [1.165, 1.54) is 21.8 Å². The lowest BCUT2D eigenvalue weighted by Gasteiger charge is -2.08. The van der Waals surface area contributed by atoms with Crippen molar-refractivity contribution in [2.75, 3.05) is 6.61 Å². The Kier molecular flexibility index (Phi) is 6.05. The molecule has 0 unspecified atom stereocenters. The number of halogens is 1. The van der Waals surface area contributed by atoms with Gasteiger partial charge in [-0.05, 0) is 17.7 Å². The van der Waals surface area contributed by atoms with Gasteiger partial charge in [-0.3, -0.25) is 23.6 Å². The number of benzene rings is 1. The fourth-order valence-electron chi connectivity index (χ4n) is 2.51. The lowest BCUT2D eigenvalue weighted by Crippen LogP contribution is -2.29. The summed E-state index contributed by atoms with van der Waals surface area (Å²) in [7, 11) is 1.69. The van der Waals surface area contributed by atoms with Crippen molar-refractivity contribution in [1.82, 2.24) is 24.6 Å². The van der Waals surface area contributed by atoms with Gasteiger partial charge >= 0.3 is 5.97 Å². The standard InChI is InChI=1S/C18H18ClN5O4/c1-23-17-14(9-22-23)18(27)24(11-21-17)7-6-16(26)28-10-15(25)20-8-12-2-4-13(19)5-3-12/h2-5,9,11H,6-8,10H2,1H3,(H,20,25). The lowest BCUT2D eigenvalue weighted by atomic mass is 10.2. The average Bonchev–Trinajstić information content (AvgIpc) is 3.07. The van der Waals surface area contributed by atoms with Crippen molar-refractivity contribution in [3.05, 3.63) is 57.7 Å². The van der Waals surface area contributed by atoms with Crippen molar-refractivity contribution in [2.24, 2.45) is 7.05 Å². The van der Waals surface area contributed by atoms with Crippen LogP contribution < -0.4 is 10.9 Å². The monoisotopic (exact) mass is 403 g/mol. The number of amides is 1. The number of fused-ring (bicyclic) bond motifs is 1. The van der Waals surface area contributed by atoms with E-state index in [9.17, 15) is 14.4 Å². The summed E-state index contributed by atoms with van der Waals surface area (Å²) in [4.78, 5) is 40.1. The number of hydrogen-bond donors (Lipinski definition) is 1. The molecule has 0 aliphatic carbocycles. The van der Waals surface area contributed by atoms with Gasteiger partial charge in [-0.2, -0.15) is 5.10 Å². The number of esters is 1. The molecule has 0 bridgehead atoms. The third kappa shape index (κ3) is 4.74. The van der Waals surface area contributed by atoms with Crippen molar-refractivity contribution in [1.29, 1.82) is 0 Å². The molecule has 0 spiro atoms. The van der Waals surface area contributed by atoms with Gasteiger partial charge in [-0.1, -0.05) is 23.7 Å². The molecule has 3 aromatic rings. The molecule has 0 atom stereocenters. The molecule has 0 saturated heterocycles. The van der Waals surface area contributed by atoms with E-state index in [1.54, 1.807) is 31.3 Å². The molecule has 146 valence electrons. The summed E-state index contributed by atoms with van der Waals surface area (Å²) in [5, 5.41) is 7.62. The molecule has 0 fully saturated rings. The summed E-state index contributed by atoms with van der Waals surface area (Å²) in [5.74, 6) is -1.00. The van der Waals surface area contributed by atoms with Gasteiger partial charge in [0.15, 0.2) is 12.3 Å². The summed E-state index contributed by atoms with van der Waals surface area (Å²) in [6.45, 7) is 0.0167. The van der Waals surface area contributed by atoms with E-state index in [2.05, 4.69) is 15.4 Å². The Labute approximate surface area is 164 Å². The molecule has 2 heterocycles. The highest BCUT2D eigenvalue weighted by molar-refractivity contribution is 6.30. The van der Waals surface area contributed by atoms with Crippen LogP contribution in [-0.2, 0) is 34.5 Å². The number of rotatable bonds is 7. The number of nitrogens with one attached hydrogen (secondary N) is 1. The van der Waals surface area contributed by atoms with Crippen LogP contribution in [0.5, 0.6) is 0 Å². The molecule has 0 aliphatic rings. The van der Waals surface area contributed by atoms with Gasteiger partial charge < -0.3 is 10.1 Å². The summed E-state index contributed by atoms with van der Waals surface area (Å²) >= 11 is 5.80. The van der Waals surface area contributed by atoms with Crippen LogP contribution in [0.3, 0.4) is 0 Å². The van der Waals surface area contributed by atoms with Crippen LogP contribution in [0.25, 0.3) is 11.0 Å². The largest absolute Gasteiger partial charge is 0.456 e. The van der Waals surface area contributed by atoms with E-state index in [0.29, 0.717) is 22.6 Å². The van der Waals surface area contributed by atoms with Gasteiger partial charge in [0.1, 0.15) is 5.39 Å². The maximum absolute atomic E-state index is 12.3. The molecule has 9 nitrogen and oxygen atoms in total. The first kappa shape index (κ1) is 19.6. The van der Waals surface area contributed by atoms with Crippen molar-refractivity contribution < 1.29 is 14.3 Å². The molecular formula is C18H18ClN5O4. The minimum Gasteiger partial charge on any atom is -0.456 e. The molecule has 1 amide bonds. The highest BCUT2D eigenvalue weighted by Crippen LogP contribution is 2.09. The van der Waals surface area contributed by atoms with E-state index in [4.69, 9.17) is 16.3 Å². The second kappa shape index (κ2) is 8.66. The lowest BCUT2D eigenvalue weighted by molar-refractivity contribution is -0.148. The Bertz CT molecular complexity index is 1060. The Hall–Kier alpha value is -3.20. The van der Waals surface area contributed by atoms with Gasteiger partial charge in [0.25, 0.3) is 11.5 Å². The number of carbonyl (C=O) groups excluding carboxylic acids is 2. The molecule has 28 heavy (non-hydrogen) atoms. The molecular weight excluding hydrogens is 386 g/mol. The molecule has 10 heteroatoms. The predicted octanol–water partition coefficient (Wildman–Crippen LogP) is 1.03. The average molecular weight is 404 g/mol. The summed E-state index contributed by atoms with van der Waals surface area (Å²) in [6, 6.07) is 7.03. The summed E-state index contributed by atoms with van der Waals surface area (Å²) in [6.07, 6.45) is 2.74. The maximum Gasteiger partial charge on any atom is 0.308 e. The minimum absolute atomic E-state index is 0.0577. The number of hydrogen-bond acceptors (Lipinski definition) is 6. The Morgan fingerprint density at radius 2 is 2.00 bits per heavy atom. The highest BCUT2D eigenvalue weighted by atomic mass is 35.5. The number of nitrogens with zero attached hydrogens (tertiary/aromatic N) is 4. The smallest absolute Gasteiger partial charge is 0.308 e. The summed E-state index contributed by atoms with van der Waals surface area (Å²) < 4.78 is 7.75. The topological polar surface area (TPSA) is 108 Å². The number of ether oxygens (including phenoxy) is 1. The molecule has 0 aliphatic heterocycles. The van der Waals surface area contributed by atoms with Crippen molar-refractivity contribution in [3.63, 3.8) is 0 Å². The fourth-order valence-corrected chi connectivity index (χ4v) is 2.64. The van der Waals surface area contributed by atoms with E-state index in [1.807, 2.05) is 0 Å². The first-order valence-corrected chi connectivity index (χ1v) is 8.86. The Morgan fingerprint density at radius 3 is 2.75 bits per heavy atom. The molecule has 1 aromatic carbocycles. The third-order valence-corrected chi connectivity index (χ3v) is 4.29. The highest BCUT2D eigenvalue weighted by Gasteiger charge is 2.11. The van der Waals surface area contributed by atoms with Crippen LogP contribution in [0.2, 0.25) is 5.02 Å². The van der Waals surface area contributed by atoms with Crippen molar-refractivity contribution >= 4 is 34.5 Å². The zero-order valence-corrected chi connectivity index (χ0v) is 15.8. The van der Waals surface area contributed by atoms with Gasteiger partial charge in [0, 0.05) is 25.2 Å². The quantitative estimate of drug-likeness (QED) is 0.590.